The van der Waals surface area contributed by atoms with E-state index in [1.165, 1.54) is 167 Å². The van der Waals surface area contributed by atoms with Crippen LogP contribution in [0.3, 0.4) is 0 Å². The van der Waals surface area contributed by atoms with Gasteiger partial charge in [0.15, 0.2) is 6.29 Å². The number of carbonyl (C=O) groups is 1. The third kappa shape index (κ3) is 40.9. The van der Waals surface area contributed by atoms with Gasteiger partial charge < -0.3 is 50.5 Å². The number of rotatable bonds is 54. The van der Waals surface area contributed by atoms with E-state index in [-0.39, 0.29) is 12.8 Å². The third-order valence-corrected chi connectivity index (χ3v) is 15.0. The van der Waals surface area contributed by atoms with Crippen molar-refractivity contribution < 1.29 is 50.0 Å². The topological polar surface area (TPSA) is 189 Å². The van der Waals surface area contributed by atoms with Gasteiger partial charge in [-0.2, -0.15) is 0 Å². The van der Waals surface area contributed by atoms with E-state index in [1.807, 2.05) is 0 Å². The van der Waals surface area contributed by atoms with Gasteiger partial charge in [0.2, 0.25) is 5.91 Å². The quantitative estimate of drug-likeness (QED) is 0.0215. The van der Waals surface area contributed by atoms with Gasteiger partial charge in [-0.1, -0.05) is 242 Å². The van der Waals surface area contributed by atoms with Gasteiger partial charge >= 0.3 is 0 Å². The fourth-order valence-corrected chi connectivity index (χ4v) is 9.86. The maximum atomic E-state index is 13.2. The summed E-state index contributed by atoms with van der Waals surface area (Å²) in [6.45, 7) is 3.46. The largest absolute Gasteiger partial charge is 0.394 e. The first-order valence-corrected chi connectivity index (χ1v) is 31.7. The number of hydrogen-bond acceptors (Lipinski definition) is 10. The van der Waals surface area contributed by atoms with E-state index < -0.39 is 74.2 Å². The SMILES string of the molecule is CCCCCCCCCCC/C=C\C/C=C\CCCCCCCCCCC(O)C(=O)NC(COC1OC(CO)C(O)C(O)C1O)C(O)C(O)CCC/C=C/CC/C=C/CC/C=C/CCCCCCCCCCCCCC. The Balaban J connectivity index is 2.32. The van der Waals surface area contributed by atoms with E-state index in [9.17, 15) is 40.5 Å². The molecule has 0 radical (unpaired) electrons. The zero-order valence-electron chi connectivity index (χ0n) is 48.7. The summed E-state index contributed by atoms with van der Waals surface area (Å²) in [7, 11) is 0. The van der Waals surface area contributed by atoms with Crippen molar-refractivity contribution >= 4 is 5.91 Å². The third-order valence-electron chi connectivity index (χ3n) is 15.0. The number of aliphatic hydroxyl groups is 7. The van der Waals surface area contributed by atoms with Crippen LogP contribution >= 0.6 is 0 Å². The summed E-state index contributed by atoms with van der Waals surface area (Å²) in [5.74, 6) is -0.716. The van der Waals surface area contributed by atoms with E-state index in [2.05, 4.69) is 79.9 Å². The second-order valence-electron chi connectivity index (χ2n) is 22.1. The van der Waals surface area contributed by atoms with Crippen molar-refractivity contribution in [3.05, 3.63) is 60.8 Å². The van der Waals surface area contributed by atoms with Gasteiger partial charge in [-0.3, -0.25) is 4.79 Å². The summed E-state index contributed by atoms with van der Waals surface area (Å²) in [6.07, 6.45) is 58.5. The van der Waals surface area contributed by atoms with Gasteiger partial charge in [0.1, 0.15) is 36.6 Å². The summed E-state index contributed by atoms with van der Waals surface area (Å²) >= 11 is 0. The van der Waals surface area contributed by atoms with Crippen LogP contribution in [0.5, 0.6) is 0 Å². The molecule has 1 aliphatic rings. The molecular weight excluding hydrogens is 955 g/mol. The van der Waals surface area contributed by atoms with Crippen LogP contribution in [-0.4, -0.2) is 110 Å². The fraction of sp³-hybridized carbons (Fsp3) is 0.831. The minimum Gasteiger partial charge on any atom is -0.394 e. The number of nitrogens with one attached hydrogen (secondary N) is 1. The standard InChI is InChI=1S/C65H119NO10/c1-3-5-7-9-11-13-15-17-19-21-23-25-27-29-31-32-34-36-38-40-42-44-46-48-50-52-57(68)60(70)56(55-75-65-63(73)62(72)61(71)59(54-67)76-65)66-64(74)58(69)53-51-49-47-45-43-41-39-37-35-33-30-28-26-24-22-20-18-16-14-12-10-8-6-4-2/h24,26,29-31,33,36,38,44,46,56-63,65,67-73H,3-23,25,27-28,32,34-35,37,39-43,45,47-55H2,1-2H3,(H,66,74)/b26-24-,31-29+,33-30-,38-36+,46-44+. The fourth-order valence-electron chi connectivity index (χ4n) is 9.86. The van der Waals surface area contributed by atoms with Gasteiger partial charge in [0, 0.05) is 0 Å². The van der Waals surface area contributed by atoms with Crippen LogP contribution in [0.4, 0.5) is 0 Å². The summed E-state index contributed by atoms with van der Waals surface area (Å²) in [6, 6.07) is -1.20. The van der Waals surface area contributed by atoms with Crippen LogP contribution in [0.25, 0.3) is 0 Å². The Bertz CT molecular complexity index is 1420. The number of ether oxygens (including phenoxy) is 2. The van der Waals surface area contributed by atoms with Crippen molar-refractivity contribution in [3.8, 4) is 0 Å². The maximum absolute atomic E-state index is 13.2. The predicted molar refractivity (Wildman–Crippen MR) is 316 cm³/mol. The molecule has 8 N–H and O–H groups in total. The number of unbranched alkanes of at least 4 members (excludes halogenated alkanes) is 32. The molecule has 0 aromatic rings. The van der Waals surface area contributed by atoms with Crippen molar-refractivity contribution in [1.29, 1.82) is 0 Å². The summed E-state index contributed by atoms with van der Waals surface area (Å²) in [4.78, 5) is 13.2. The normalized spacial score (nSPS) is 20.0. The highest BCUT2D eigenvalue weighted by molar-refractivity contribution is 5.80. The predicted octanol–water partition coefficient (Wildman–Crippen LogP) is 14.2. The van der Waals surface area contributed by atoms with Crippen LogP contribution in [0.15, 0.2) is 60.8 Å². The molecule has 0 aliphatic carbocycles. The lowest BCUT2D eigenvalue weighted by Gasteiger charge is -2.40. The van der Waals surface area contributed by atoms with Gasteiger partial charge in [0.25, 0.3) is 0 Å². The van der Waals surface area contributed by atoms with Gasteiger partial charge in [-0.05, 0) is 96.3 Å². The number of hydrogen-bond donors (Lipinski definition) is 8. The van der Waals surface area contributed by atoms with Crippen LogP contribution in [-0.2, 0) is 14.3 Å². The number of amides is 1. The molecule has 1 rings (SSSR count). The van der Waals surface area contributed by atoms with Gasteiger partial charge in [0.05, 0.1) is 25.4 Å². The van der Waals surface area contributed by atoms with Crippen LogP contribution < -0.4 is 5.32 Å². The Labute approximate surface area is 465 Å². The lowest BCUT2D eigenvalue weighted by Crippen LogP contribution is -2.60. The minimum absolute atomic E-state index is 0.238. The first-order chi connectivity index (χ1) is 37.2. The summed E-state index contributed by atoms with van der Waals surface area (Å²) < 4.78 is 11.1. The van der Waals surface area contributed by atoms with Crippen LogP contribution in [0.1, 0.15) is 277 Å². The van der Waals surface area contributed by atoms with E-state index in [0.29, 0.717) is 19.3 Å². The smallest absolute Gasteiger partial charge is 0.249 e. The van der Waals surface area contributed by atoms with E-state index in [4.69, 9.17) is 9.47 Å². The highest BCUT2D eigenvalue weighted by atomic mass is 16.7. The number of aliphatic hydroxyl groups excluding tert-OH is 7. The number of carbonyl (C=O) groups excluding carboxylic acids is 1. The van der Waals surface area contributed by atoms with Crippen molar-refractivity contribution in [2.75, 3.05) is 13.2 Å². The molecule has 0 spiro atoms. The highest BCUT2D eigenvalue weighted by Crippen LogP contribution is 2.23. The first kappa shape index (κ1) is 71.8. The molecule has 0 aromatic heterocycles. The molecule has 1 amide bonds. The molecule has 11 nitrogen and oxygen atoms in total. The van der Waals surface area contributed by atoms with E-state index >= 15 is 0 Å². The summed E-state index contributed by atoms with van der Waals surface area (Å²) in [5, 5.41) is 76.3. The Hall–Kier alpha value is -2.19. The molecule has 444 valence electrons. The molecule has 9 atom stereocenters. The average Bonchev–Trinajstić information content (AvgIpc) is 3.42. The number of allylic oxidation sites excluding steroid dienone is 10. The molecule has 11 heteroatoms. The highest BCUT2D eigenvalue weighted by Gasteiger charge is 2.44. The Morgan fingerprint density at radius 2 is 0.829 bits per heavy atom. The van der Waals surface area contributed by atoms with Crippen molar-refractivity contribution in [3.63, 3.8) is 0 Å². The molecule has 1 fully saturated rings. The lowest BCUT2D eigenvalue weighted by molar-refractivity contribution is -0.303. The Morgan fingerprint density at radius 1 is 0.461 bits per heavy atom. The van der Waals surface area contributed by atoms with Crippen molar-refractivity contribution in [1.82, 2.24) is 5.32 Å². The second kappa shape index (κ2) is 53.5. The molecule has 1 saturated heterocycles. The molecule has 9 unspecified atom stereocenters. The first-order valence-electron chi connectivity index (χ1n) is 31.7. The molecule has 1 aliphatic heterocycles. The average molecular weight is 1070 g/mol. The summed E-state index contributed by atoms with van der Waals surface area (Å²) in [5.41, 5.74) is 0. The van der Waals surface area contributed by atoms with Crippen molar-refractivity contribution in [2.24, 2.45) is 0 Å². The molecule has 0 saturated carbocycles. The van der Waals surface area contributed by atoms with Crippen LogP contribution in [0, 0.1) is 0 Å². The maximum Gasteiger partial charge on any atom is 0.249 e. The lowest BCUT2D eigenvalue weighted by atomic mass is 9.98. The molecule has 1 heterocycles. The molecular formula is C65H119NO10. The molecule has 76 heavy (non-hydrogen) atoms. The Morgan fingerprint density at radius 3 is 1.25 bits per heavy atom. The van der Waals surface area contributed by atoms with Crippen LogP contribution in [0.2, 0.25) is 0 Å². The second-order valence-corrected chi connectivity index (χ2v) is 22.1. The van der Waals surface area contributed by atoms with Crippen molar-refractivity contribution in [2.45, 2.75) is 332 Å². The molecule has 0 aromatic carbocycles. The van der Waals surface area contributed by atoms with E-state index in [1.54, 1.807) is 0 Å². The zero-order valence-corrected chi connectivity index (χ0v) is 48.7. The van der Waals surface area contributed by atoms with E-state index in [0.717, 1.165) is 64.2 Å². The minimum atomic E-state index is -1.68. The zero-order chi connectivity index (χ0) is 55.4. The monoisotopic (exact) mass is 1070 g/mol. The molecule has 0 bridgehead atoms. The Kier molecular flexibility index (Phi) is 50.5. The van der Waals surface area contributed by atoms with Gasteiger partial charge in [-0.25, -0.2) is 0 Å². The van der Waals surface area contributed by atoms with Gasteiger partial charge in [-0.15, -0.1) is 0 Å².